The van der Waals surface area contributed by atoms with Gasteiger partial charge in [0.25, 0.3) is 0 Å². The van der Waals surface area contributed by atoms with Gasteiger partial charge in [0.2, 0.25) is 0 Å². The Kier molecular flexibility index (Phi) is 9.20. The lowest BCUT2D eigenvalue weighted by Gasteiger charge is -2.37. The second kappa shape index (κ2) is 12.8. The van der Waals surface area contributed by atoms with Crippen molar-refractivity contribution in [2.75, 3.05) is 49.1 Å². The molecule has 16 heteroatoms. The van der Waals surface area contributed by atoms with E-state index in [1.807, 2.05) is 4.90 Å². The molecule has 45 heavy (non-hydrogen) atoms. The molecule has 1 N–H and O–H groups in total. The molecule has 3 aliphatic heterocycles. The van der Waals surface area contributed by atoms with Crippen molar-refractivity contribution in [3.63, 3.8) is 0 Å². The zero-order valence-corrected chi connectivity index (χ0v) is 25.2. The minimum atomic E-state index is -4.94. The molecule has 0 radical (unpaired) electrons. The van der Waals surface area contributed by atoms with Gasteiger partial charge in [0.05, 0.1) is 55.4 Å². The third-order valence-corrected chi connectivity index (χ3v) is 7.82. The fourth-order valence-corrected chi connectivity index (χ4v) is 5.86. The number of pyridine rings is 1. The van der Waals surface area contributed by atoms with Crippen molar-refractivity contribution < 1.29 is 36.2 Å². The number of nitrogens with one attached hydrogen (secondary N) is 1. The number of halogens is 5. The van der Waals surface area contributed by atoms with Crippen LogP contribution in [0, 0.1) is 17.1 Å². The van der Waals surface area contributed by atoms with Gasteiger partial charge in [-0.15, -0.1) is 0 Å². The number of hydrogen-bond acceptors (Lipinski definition) is 10. The molecule has 2 unspecified atom stereocenters. The quantitative estimate of drug-likeness (QED) is 0.465. The summed E-state index contributed by atoms with van der Waals surface area (Å²) in [5.41, 5.74) is -1.51. The fraction of sp³-hybridized carbons (Fsp3) is 0.621. The van der Waals surface area contributed by atoms with Gasteiger partial charge in [-0.3, -0.25) is 9.88 Å². The van der Waals surface area contributed by atoms with Gasteiger partial charge in [0, 0.05) is 44.2 Å². The molecular formula is C29H35F5N8O3. The number of piperazine rings is 1. The molecule has 0 aromatic carbocycles. The molecule has 2 fully saturated rings. The highest BCUT2D eigenvalue weighted by Gasteiger charge is 2.41. The maximum atomic E-state index is 14.4. The van der Waals surface area contributed by atoms with Crippen LogP contribution in [-0.4, -0.2) is 89.1 Å². The summed E-state index contributed by atoms with van der Waals surface area (Å²) in [5.74, 6) is -0.953. The summed E-state index contributed by atoms with van der Waals surface area (Å²) in [5, 5.41) is 12.5. The van der Waals surface area contributed by atoms with Crippen molar-refractivity contribution in [3.8, 4) is 12.1 Å². The lowest BCUT2D eigenvalue weighted by molar-refractivity contribution is -0.139. The summed E-state index contributed by atoms with van der Waals surface area (Å²) < 4.78 is 81.7. The second-order valence-electron chi connectivity index (χ2n) is 12.3. The summed E-state index contributed by atoms with van der Waals surface area (Å²) in [6, 6.07) is 1.26. The average Bonchev–Trinajstić information content (AvgIpc) is 3.34. The first-order valence-corrected chi connectivity index (χ1v) is 14.7. The number of fused-ring (bicyclic) bond motifs is 1. The van der Waals surface area contributed by atoms with Crippen LogP contribution < -0.4 is 19.9 Å². The summed E-state index contributed by atoms with van der Waals surface area (Å²) in [6.45, 7) is 6.40. The monoisotopic (exact) mass is 638 g/mol. The number of carbonyl (C=O) groups is 1. The Labute approximate surface area is 257 Å². The number of nitriles is 1. The van der Waals surface area contributed by atoms with E-state index < -0.39 is 47.2 Å². The number of ether oxygens (including phenoxy) is 2. The normalized spacial score (nSPS) is 22.2. The van der Waals surface area contributed by atoms with E-state index in [2.05, 4.69) is 26.3 Å². The largest absolute Gasteiger partial charge is 0.461 e. The first kappa shape index (κ1) is 32.4. The molecular weight excluding hydrogens is 603 g/mol. The van der Waals surface area contributed by atoms with Crippen LogP contribution in [0.15, 0.2) is 12.4 Å². The van der Waals surface area contributed by atoms with Crippen LogP contribution in [0.1, 0.15) is 50.4 Å². The molecule has 0 aliphatic carbocycles. The van der Waals surface area contributed by atoms with Crippen molar-refractivity contribution in [2.24, 2.45) is 0 Å². The van der Waals surface area contributed by atoms with Crippen LogP contribution in [0.3, 0.4) is 0 Å². The van der Waals surface area contributed by atoms with Crippen LogP contribution in [0.25, 0.3) is 0 Å². The minimum Gasteiger partial charge on any atom is -0.461 e. The number of carbonyl (C=O) groups excluding carboxylic acids is 1. The van der Waals surface area contributed by atoms with Crippen molar-refractivity contribution in [1.82, 2.24) is 25.2 Å². The number of likely N-dealkylation sites (tertiary alicyclic amines) is 1. The molecule has 0 bridgehead atoms. The Hall–Kier alpha value is -4.00. The Balaban J connectivity index is 1.45. The predicted molar refractivity (Wildman–Crippen MR) is 152 cm³/mol. The molecule has 5 heterocycles. The number of amides is 1. The highest BCUT2D eigenvalue weighted by Crippen LogP contribution is 2.40. The minimum absolute atomic E-state index is 0.0191. The molecule has 11 nitrogen and oxygen atoms in total. The molecule has 2 aromatic rings. The molecule has 0 saturated carbocycles. The topological polar surface area (TPSA) is 120 Å². The molecule has 3 aliphatic rings. The van der Waals surface area contributed by atoms with Gasteiger partial charge in [0.15, 0.2) is 5.82 Å². The number of rotatable bonds is 6. The predicted octanol–water partition coefficient (Wildman–Crippen LogP) is 4.01. The highest BCUT2D eigenvalue weighted by atomic mass is 19.4. The van der Waals surface area contributed by atoms with E-state index >= 15 is 0 Å². The van der Waals surface area contributed by atoms with E-state index in [4.69, 9.17) is 9.47 Å². The van der Waals surface area contributed by atoms with E-state index in [1.54, 1.807) is 20.8 Å². The maximum absolute atomic E-state index is 14.4. The maximum Gasteiger partial charge on any atom is 0.421 e. The third kappa shape index (κ3) is 7.46. The SMILES string of the molecule is CC(C)(C)OC(=O)N1CC(F)CC1COc1nc2c(c(N3CCN[C@@H](CC#N)C3)n1)CCN(c1cncc(F)c1C(F)(F)F)C2. The molecule has 244 valence electrons. The van der Waals surface area contributed by atoms with Crippen molar-refractivity contribution >= 4 is 17.6 Å². The van der Waals surface area contributed by atoms with Gasteiger partial charge < -0.3 is 24.6 Å². The van der Waals surface area contributed by atoms with E-state index in [1.165, 1.54) is 9.80 Å². The number of hydrogen-bond donors (Lipinski definition) is 1. The van der Waals surface area contributed by atoms with Crippen molar-refractivity contribution in [1.29, 1.82) is 5.26 Å². The first-order chi connectivity index (χ1) is 21.2. The molecule has 2 saturated heterocycles. The van der Waals surface area contributed by atoms with Crippen LogP contribution in [-0.2, 0) is 23.9 Å². The van der Waals surface area contributed by atoms with Gasteiger partial charge in [0.1, 0.15) is 29.8 Å². The zero-order chi connectivity index (χ0) is 32.5. The molecule has 0 spiro atoms. The fourth-order valence-electron chi connectivity index (χ4n) is 5.86. The molecule has 2 aromatic heterocycles. The summed E-state index contributed by atoms with van der Waals surface area (Å²) in [7, 11) is 0. The van der Waals surface area contributed by atoms with Crippen LogP contribution in [0.4, 0.5) is 38.3 Å². The van der Waals surface area contributed by atoms with Gasteiger partial charge >= 0.3 is 18.3 Å². The summed E-state index contributed by atoms with van der Waals surface area (Å²) in [4.78, 5) is 30.2. The van der Waals surface area contributed by atoms with E-state index in [9.17, 15) is 32.0 Å². The molecule has 5 rings (SSSR count). The number of nitrogens with zero attached hydrogens (tertiary/aromatic N) is 7. The number of anilines is 2. The van der Waals surface area contributed by atoms with Crippen LogP contribution >= 0.6 is 0 Å². The van der Waals surface area contributed by atoms with Gasteiger partial charge in [-0.2, -0.15) is 28.4 Å². The smallest absolute Gasteiger partial charge is 0.421 e. The Bertz CT molecular complexity index is 1450. The van der Waals surface area contributed by atoms with Crippen molar-refractivity contribution in [2.45, 2.75) is 76.6 Å². The van der Waals surface area contributed by atoms with Crippen LogP contribution in [0.5, 0.6) is 6.01 Å². The molecule has 1 amide bonds. The van der Waals surface area contributed by atoms with E-state index in [-0.39, 0.29) is 57.6 Å². The van der Waals surface area contributed by atoms with Crippen LogP contribution in [0.2, 0.25) is 0 Å². The van der Waals surface area contributed by atoms with E-state index in [0.29, 0.717) is 42.9 Å². The Morgan fingerprint density at radius 2 is 1.93 bits per heavy atom. The second-order valence-corrected chi connectivity index (χ2v) is 12.3. The Morgan fingerprint density at radius 3 is 2.64 bits per heavy atom. The highest BCUT2D eigenvalue weighted by molar-refractivity contribution is 5.69. The van der Waals surface area contributed by atoms with Gasteiger partial charge in [-0.05, 0) is 27.2 Å². The third-order valence-electron chi connectivity index (χ3n) is 7.82. The average molecular weight is 639 g/mol. The summed E-state index contributed by atoms with van der Waals surface area (Å²) in [6.07, 6.45) is -4.84. The summed E-state index contributed by atoms with van der Waals surface area (Å²) >= 11 is 0. The van der Waals surface area contributed by atoms with Gasteiger partial charge in [-0.1, -0.05) is 0 Å². The van der Waals surface area contributed by atoms with E-state index in [0.717, 1.165) is 6.20 Å². The Morgan fingerprint density at radius 1 is 1.16 bits per heavy atom. The van der Waals surface area contributed by atoms with Gasteiger partial charge in [-0.25, -0.2) is 13.6 Å². The lowest BCUT2D eigenvalue weighted by Crippen LogP contribution is -2.51. The molecule has 3 atom stereocenters. The lowest BCUT2D eigenvalue weighted by atomic mass is 10.0. The zero-order valence-electron chi connectivity index (χ0n) is 25.2. The number of aromatic nitrogens is 3. The van der Waals surface area contributed by atoms with Crippen molar-refractivity contribution in [3.05, 3.63) is 35.0 Å². The standard InChI is InChI=1S/C29H35F5N8O3/c1-28(2,3)45-27(43)42-13-17(30)10-19(42)16-44-26-38-22-15-40(23-12-36-11-21(31)24(23)29(32,33)34)8-5-20(22)25(39-26)41-9-7-37-18(14-41)4-6-35/h11-12,17-19,37H,4-5,7-10,13-16H2,1-3H3/t17?,18-,19?/m0/s1. The first-order valence-electron chi connectivity index (χ1n) is 14.7. The number of alkyl halides is 4.